The Morgan fingerprint density at radius 3 is 1.94 bits per heavy atom. The van der Waals surface area contributed by atoms with E-state index in [2.05, 4.69) is 139 Å². The highest BCUT2D eigenvalue weighted by molar-refractivity contribution is 5.86. The van der Waals surface area contributed by atoms with Crippen molar-refractivity contribution < 1.29 is 0 Å². The molecule has 1 heteroatoms. The molecule has 35 heavy (non-hydrogen) atoms. The minimum atomic E-state index is -0.0920. The maximum Gasteiger partial charge on any atom is 0.0451 e. The zero-order valence-corrected chi connectivity index (χ0v) is 22.5. The third-order valence-electron chi connectivity index (χ3n) is 7.62. The van der Waals surface area contributed by atoms with Gasteiger partial charge in [-0.25, -0.2) is 0 Å². The highest BCUT2D eigenvalue weighted by Gasteiger charge is 2.37. The van der Waals surface area contributed by atoms with Gasteiger partial charge in [0.25, 0.3) is 0 Å². The Morgan fingerprint density at radius 2 is 1.26 bits per heavy atom. The van der Waals surface area contributed by atoms with Crippen molar-refractivity contribution in [3.05, 3.63) is 107 Å². The topological polar surface area (TPSA) is 3.24 Å². The molecule has 5 rings (SSSR count). The number of aryl methyl sites for hydroxylation is 3. The van der Waals surface area contributed by atoms with Gasteiger partial charge in [0.1, 0.15) is 0 Å². The molecule has 1 nitrogen and oxygen atoms in total. The number of nitrogens with zero attached hydrogens (tertiary/aromatic N) is 1. The first-order chi connectivity index (χ1) is 16.5. The fraction of sp³-hybridized carbons (Fsp3) is 0.294. The molecule has 0 heterocycles. The Labute approximate surface area is 211 Å². The van der Waals surface area contributed by atoms with Crippen molar-refractivity contribution in [3.63, 3.8) is 0 Å². The minimum absolute atomic E-state index is 0.0225. The van der Waals surface area contributed by atoms with Gasteiger partial charge in [0, 0.05) is 22.3 Å². The molecule has 0 unspecified atom stereocenters. The van der Waals surface area contributed by atoms with Crippen LogP contribution in [-0.4, -0.2) is 5.54 Å². The molecule has 0 spiro atoms. The molecule has 0 aliphatic heterocycles. The van der Waals surface area contributed by atoms with Crippen LogP contribution >= 0.6 is 0 Å². The van der Waals surface area contributed by atoms with E-state index in [1.165, 1.54) is 61.4 Å². The summed E-state index contributed by atoms with van der Waals surface area (Å²) in [5.74, 6) is 0. The average molecular weight is 460 g/mol. The molecular weight excluding hydrogens is 422 g/mol. The van der Waals surface area contributed by atoms with Gasteiger partial charge in [0.2, 0.25) is 0 Å². The molecule has 0 N–H and O–H groups in total. The van der Waals surface area contributed by atoms with Crippen molar-refractivity contribution in [2.24, 2.45) is 0 Å². The van der Waals surface area contributed by atoms with Gasteiger partial charge in [0.05, 0.1) is 0 Å². The van der Waals surface area contributed by atoms with Crippen molar-refractivity contribution in [2.45, 2.75) is 66.3 Å². The van der Waals surface area contributed by atoms with Crippen molar-refractivity contribution in [1.29, 1.82) is 0 Å². The van der Waals surface area contributed by atoms with E-state index in [-0.39, 0.29) is 11.0 Å². The lowest BCUT2D eigenvalue weighted by molar-refractivity contribution is 0.557. The zero-order valence-electron chi connectivity index (χ0n) is 22.5. The van der Waals surface area contributed by atoms with Crippen LogP contribution in [0.1, 0.15) is 62.4 Å². The first-order valence-electron chi connectivity index (χ1n) is 12.7. The second kappa shape index (κ2) is 8.12. The van der Waals surface area contributed by atoms with E-state index in [1.54, 1.807) is 0 Å². The van der Waals surface area contributed by atoms with E-state index >= 15 is 0 Å². The summed E-state index contributed by atoms with van der Waals surface area (Å²) in [6, 6.07) is 29.4. The fourth-order valence-corrected chi connectivity index (χ4v) is 5.76. The maximum absolute atomic E-state index is 2.55. The van der Waals surface area contributed by atoms with Crippen LogP contribution in [0.3, 0.4) is 0 Å². The van der Waals surface area contributed by atoms with E-state index in [1.807, 2.05) is 0 Å². The molecule has 178 valence electrons. The molecule has 0 atom stereocenters. The summed E-state index contributed by atoms with van der Waals surface area (Å²) >= 11 is 0. The second-order valence-corrected chi connectivity index (χ2v) is 11.7. The lowest BCUT2D eigenvalue weighted by Gasteiger charge is -2.40. The van der Waals surface area contributed by atoms with Gasteiger partial charge in [-0.15, -0.1) is 0 Å². The number of rotatable bonds is 3. The summed E-state index contributed by atoms with van der Waals surface area (Å²) in [6.45, 7) is 18.4. The van der Waals surface area contributed by atoms with E-state index in [0.29, 0.717) is 0 Å². The lowest BCUT2D eigenvalue weighted by Crippen LogP contribution is -2.38. The summed E-state index contributed by atoms with van der Waals surface area (Å²) in [6.07, 6.45) is 0. The Balaban J connectivity index is 1.72. The summed E-state index contributed by atoms with van der Waals surface area (Å²) in [7, 11) is 0. The number of hydrogen-bond acceptors (Lipinski definition) is 1. The molecule has 0 amide bonds. The van der Waals surface area contributed by atoms with Crippen LogP contribution in [0.4, 0.5) is 11.4 Å². The van der Waals surface area contributed by atoms with Crippen LogP contribution in [0, 0.1) is 20.8 Å². The lowest BCUT2D eigenvalue weighted by atomic mass is 9.81. The van der Waals surface area contributed by atoms with Gasteiger partial charge in [-0.1, -0.05) is 80.1 Å². The molecule has 0 saturated carbocycles. The van der Waals surface area contributed by atoms with E-state index < -0.39 is 0 Å². The monoisotopic (exact) mass is 459 g/mol. The van der Waals surface area contributed by atoms with Crippen LogP contribution in [0.2, 0.25) is 0 Å². The number of anilines is 2. The smallest absolute Gasteiger partial charge is 0.0451 e. The van der Waals surface area contributed by atoms with Crippen molar-refractivity contribution >= 4 is 11.4 Å². The Hall–Kier alpha value is -3.32. The third kappa shape index (κ3) is 3.88. The van der Waals surface area contributed by atoms with Gasteiger partial charge in [-0.3, -0.25) is 0 Å². The predicted molar refractivity (Wildman–Crippen MR) is 152 cm³/mol. The molecule has 0 fully saturated rings. The fourth-order valence-electron chi connectivity index (χ4n) is 5.76. The van der Waals surface area contributed by atoms with Gasteiger partial charge >= 0.3 is 0 Å². The minimum Gasteiger partial charge on any atom is -0.336 e. The third-order valence-corrected chi connectivity index (χ3v) is 7.62. The van der Waals surface area contributed by atoms with Crippen LogP contribution < -0.4 is 4.90 Å². The van der Waals surface area contributed by atoms with Crippen molar-refractivity contribution in [2.75, 3.05) is 4.90 Å². The van der Waals surface area contributed by atoms with E-state index in [9.17, 15) is 0 Å². The zero-order chi connectivity index (χ0) is 25.1. The standard InChI is InChI=1S/C34H37N/c1-22-14-17-29-27(18-22)28-19-24(3)32(21-30(28)34(29,7)8)35(33(4,5)6)31-20-26(16-15-23(31)2)25-12-10-9-11-13-25/h9-21H,1-8H3. The van der Waals surface area contributed by atoms with Gasteiger partial charge in [-0.2, -0.15) is 0 Å². The Morgan fingerprint density at radius 1 is 0.600 bits per heavy atom. The van der Waals surface area contributed by atoms with Gasteiger partial charge in [-0.05, 0) is 104 Å². The van der Waals surface area contributed by atoms with Crippen LogP contribution in [0.5, 0.6) is 0 Å². The molecule has 0 bridgehead atoms. The summed E-state index contributed by atoms with van der Waals surface area (Å²) in [5.41, 5.74) is 14.5. The Bertz CT molecular complexity index is 1420. The number of fused-ring (bicyclic) bond motifs is 3. The first-order valence-corrected chi connectivity index (χ1v) is 12.7. The normalized spacial score (nSPS) is 13.9. The highest BCUT2D eigenvalue weighted by atomic mass is 15.2. The van der Waals surface area contributed by atoms with Crippen LogP contribution in [0.25, 0.3) is 22.3 Å². The molecule has 0 radical (unpaired) electrons. The molecule has 1 aliphatic rings. The van der Waals surface area contributed by atoms with Crippen molar-refractivity contribution in [3.8, 4) is 22.3 Å². The van der Waals surface area contributed by atoms with Gasteiger partial charge < -0.3 is 4.90 Å². The highest BCUT2D eigenvalue weighted by Crippen LogP contribution is 2.52. The average Bonchev–Trinajstić information content (AvgIpc) is 3.00. The summed E-state index contributed by atoms with van der Waals surface area (Å²) in [4.78, 5) is 2.55. The van der Waals surface area contributed by atoms with Crippen LogP contribution in [-0.2, 0) is 5.41 Å². The predicted octanol–water partition coefficient (Wildman–Crippen LogP) is 9.52. The molecule has 1 aliphatic carbocycles. The molecule has 4 aromatic rings. The van der Waals surface area contributed by atoms with Crippen LogP contribution in [0.15, 0.2) is 78.9 Å². The first kappa shape index (κ1) is 23.4. The summed E-state index contributed by atoms with van der Waals surface area (Å²) in [5, 5.41) is 0. The maximum atomic E-state index is 2.55. The number of benzene rings is 4. The Kier molecular flexibility index (Phi) is 5.44. The summed E-state index contributed by atoms with van der Waals surface area (Å²) < 4.78 is 0. The molecular formula is C34H37N. The number of hydrogen-bond donors (Lipinski definition) is 0. The van der Waals surface area contributed by atoms with E-state index in [0.717, 1.165) is 0 Å². The second-order valence-electron chi connectivity index (χ2n) is 11.7. The molecule has 0 saturated heterocycles. The molecule has 4 aromatic carbocycles. The van der Waals surface area contributed by atoms with Gasteiger partial charge in [0.15, 0.2) is 0 Å². The molecule has 0 aromatic heterocycles. The SMILES string of the molecule is Cc1ccc2c(c1)-c1cc(C)c(N(c3cc(-c4ccccc4)ccc3C)C(C)(C)C)cc1C2(C)C. The van der Waals surface area contributed by atoms with E-state index in [4.69, 9.17) is 0 Å². The van der Waals surface area contributed by atoms with Crippen molar-refractivity contribution in [1.82, 2.24) is 0 Å². The largest absolute Gasteiger partial charge is 0.336 e. The quantitative estimate of drug-likeness (QED) is 0.295.